The summed E-state index contributed by atoms with van der Waals surface area (Å²) in [7, 11) is 1.61. The van der Waals surface area contributed by atoms with Crippen molar-refractivity contribution >= 4 is 17.7 Å². The number of carbonyl (C=O) groups is 1. The maximum atomic E-state index is 11.8. The van der Waals surface area contributed by atoms with Gasteiger partial charge >= 0.3 is 5.69 Å². The van der Waals surface area contributed by atoms with Crippen LogP contribution in [-0.2, 0) is 16.1 Å². The third-order valence-corrected chi connectivity index (χ3v) is 3.62. The first-order valence-electron chi connectivity index (χ1n) is 6.29. The number of aromatic amines is 1. The molecule has 0 bridgehead atoms. The van der Waals surface area contributed by atoms with Crippen LogP contribution in [0, 0.1) is 0 Å². The zero-order chi connectivity index (χ0) is 15.0. The molecule has 20 heavy (non-hydrogen) atoms. The van der Waals surface area contributed by atoms with Crippen molar-refractivity contribution in [3.05, 3.63) is 23.1 Å². The van der Waals surface area contributed by atoms with E-state index >= 15 is 0 Å². The number of rotatable bonds is 9. The van der Waals surface area contributed by atoms with Gasteiger partial charge in [0, 0.05) is 26.8 Å². The minimum Gasteiger partial charge on any atom is -0.385 e. The number of carbonyl (C=O) groups excluding carboxylic acids is 1. The van der Waals surface area contributed by atoms with E-state index < -0.39 is 0 Å². The Balaban J connectivity index is 2.64. The summed E-state index contributed by atoms with van der Waals surface area (Å²) in [5.74, 6) is -0.117. The Bertz CT molecular complexity index is 497. The van der Waals surface area contributed by atoms with E-state index in [1.807, 2.05) is 0 Å². The summed E-state index contributed by atoms with van der Waals surface area (Å²) in [4.78, 5) is 23.4. The third-order valence-electron chi connectivity index (χ3n) is 2.53. The highest BCUT2D eigenvalue weighted by atomic mass is 32.2. The molecule has 0 spiro atoms. The van der Waals surface area contributed by atoms with E-state index in [4.69, 9.17) is 4.74 Å². The number of hydrogen-bond acceptors (Lipinski definition) is 5. The summed E-state index contributed by atoms with van der Waals surface area (Å²) in [6.45, 7) is 6.80. The van der Waals surface area contributed by atoms with Crippen LogP contribution in [0.25, 0.3) is 0 Å². The van der Waals surface area contributed by atoms with Crippen molar-refractivity contribution in [1.82, 2.24) is 20.1 Å². The second kappa shape index (κ2) is 8.60. The van der Waals surface area contributed by atoms with Crippen LogP contribution in [0.4, 0.5) is 0 Å². The molecule has 0 aliphatic heterocycles. The Labute approximate surface area is 121 Å². The molecule has 0 aliphatic carbocycles. The lowest BCUT2D eigenvalue weighted by Gasteiger charge is -2.11. The van der Waals surface area contributed by atoms with E-state index in [1.165, 1.54) is 16.3 Å². The summed E-state index contributed by atoms with van der Waals surface area (Å²) < 4.78 is 6.47. The number of hydrogen-bond donors (Lipinski definition) is 2. The van der Waals surface area contributed by atoms with Gasteiger partial charge in [0.05, 0.1) is 5.25 Å². The number of H-pyrrole nitrogens is 1. The molecule has 2 N–H and O–H groups in total. The Kier molecular flexibility index (Phi) is 7.10. The quantitative estimate of drug-likeness (QED) is 0.391. The predicted molar refractivity (Wildman–Crippen MR) is 77.9 cm³/mol. The molecular formula is C12H20N4O3S. The maximum absolute atomic E-state index is 11.8. The van der Waals surface area contributed by atoms with Gasteiger partial charge in [0.25, 0.3) is 0 Å². The van der Waals surface area contributed by atoms with E-state index in [9.17, 15) is 9.59 Å². The molecule has 1 aromatic heterocycles. The van der Waals surface area contributed by atoms with Crippen LogP contribution >= 0.6 is 11.8 Å². The van der Waals surface area contributed by atoms with Crippen molar-refractivity contribution in [2.75, 3.05) is 20.3 Å². The van der Waals surface area contributed by atoms with E-state index in [1.54, 1.807) is 20.1 Å². The smallest absolute Gasteiger partial charge is 0.343 e. The van der Waals surface area contributed by atoms with Gasteiger partial charge in [-0.1, -0.05) is 17.8 Å². The van der Waals surface area contributed by atoms with Gasteiger partial charge in [-0.3, -0.25) is 9.36 Å². The third kappa shape index (κ3) is 4.86. The first kappa shape index (κ1) is 16.5. The maximum Gasteiger partial charge on any atom is 0.343 e. The van der Waals surface area contributed by atoms with E-state index in [0.29, 0.717) is 31.3 Å². The minimum absolute atomic E-state index is 0.117. The lowest BCUT2D eigenvalue weighted by Crippen LogP contribution is -2.31. The molecule has 0 aromatic carbocycles. The van der Waals surface area contributed by atoms with Crippen LogP contribution in [-0.4, -0.2) is 46.2 Å². The topological polar surface area (TPSA) is 89.0 Å². The number of nitrogens with zero attached hydrogens (tertiary/aromatic N) is 2. The highest BCUT2D eigenvalue weighted by Crippen LogP contribution is 2.19. The van der Waals surface area contributed by atoms with Crippen LogP contribution in [0.5, 0.6) is 0 Å². The molecule has 8 heteroatoms. The average Bonchev–Trinajstić information content (AvgIpc) is 2.77. The number of nitrogens with one attached hydrogen (secondary N) is 2. The second-order valence-electron chi connectivity index (χ2n) is 4.10. The van der Waals surface area contributed by atoms with Crippen LogP contribution in [0.15, 0.2) is 22.6 Å². The summed E-state index contributed by atoms with van der Waals surface area (Å²) in [5.41, 5.74) is -0.276. The lowest BCUT2D eigenvalue weighted by molar-refractivity contribution is -0.120. The first-order valence-corrected chi connectivity index (χ1v) is 7.17. The highest BCUT2D eigenvalue weighted by Gasteiger charge is 2.18. The summed E-state index contributed by atoms with van der Waals surface area (Å²) in [6.07, 6.45) is 2.32. The van der Waals surface area contributed by atoms with E-state index in [0.717, 1.165) is 0 Å². The van der Waals surface area contributed by atoms with Gasteiger partial charge in [-0.05, 0) is 13.3 Å². The molecular weight excluding hydrogens is 280 g/mol. The van der Waals surface area contributed by atoms with E-state index in [-0.39, 0.29) is 16.8 Å². The van der Waals surface area contributed by atoms with Crippen molar-refractivity contribution in [2.24, 2.45) is 0 Å². The van der Waals surface area contributed by atoms with Gasteiger partial charge < -0.3 is 10.1 Å². The summed E-state index contributed by atoms with van der Waals surface area (Å²) >= 11 is 1.24. The molecule has 0 radical (unpaired) electrons. The minimum atomic E-state index is -0.341. The zero-order valence-corrected chi connectivity index (χ0v) is 12.5. The number of ether oxygens (including phenoxy) is 1. The highest BCUT2D eigenvalue weighted by molar-refractivity contribution is 8.00. The molecule has 1 unspecified atom stereocenters. The van der Waals surface area contributed by atoms with Crippen LogP contribution in [0.3, 0.4) is 0 Å². The summed E-state index contributed by atoms with van der Waals surface area (Å²) in [6, 6.07) is 0. The number of aromatic nitrogens is 3. The predicted octanol–water partition coefficient (Wildman–Crippen LogP) is 0.391. The SMILES string of the molecule is C=CCNC(=O)C(C)Sc1n[nH]c(=O)n1CCCOC. The molecule has 7 nitrogen and oxygen atoms in total. The molecule has 1 amide bonds. The molecule has 0 fully saturated rings. The Morgan fingerprint density at radius 3 is 3.10 bits per heavy atom. The van der Waals surface area contributed by atoms with Gasteiger partial charge in [0.2, 0.25) is 5.91 Å². The lowest BCUT2D eigenvalue weighted by atomic mass is 10.4. The molecule has 1 aromatic rings. The van der Waals surface area contributed by atoms with Crippen molar-refractivity contribution in [3.8, 4) is 0 Å². The Morgan fingerprint density at radius 1 is 1.70 bits per heavy atom. The van der Waals surface area contributed by atoms with Crippen molar-refractivity contribution < 1.29 is 9.53 Å². The first-order chi connectivity index (χ1) is 9.60. The van der Waals surface area contributed by atoms with Gasteiger partial charge in [-0.2, -0.15) is 0 Å². The molecule has 1 heterocycles. The fraction of sp³-hybridized carbons (Fsp3) is 0.583. The normalized spacial score (nSPS) is 12.1. The van der Waals surface area contributed by atoms with Gasteiger partial charge in [-0.15, -0.1) is 11.7 Å². The van der Waals surface area contributed by atoms with Crippen LogP contribution in [0.1, 0.15) is 13.3 Å². The van der Waals surface area contributed by atoms with E-state index in [2.05, 4.69) is 22.1 Å². The Hall–Kier alpha value is -1.54. The number of thioether (sulfide) groups is 1. The molecule has 1 rings (SSSR count). The molecule has 112 valence electrons. The van der Waals surface area contributed by atoms with Gasteiger partial charge in [0.1, 0.15) is 0 Å². The molecule has 0 saturated carbocycles. The van der Waals surface area contributed by atoms with Crippen molar-refractivity contribution in [3.63, 3.8) is 0 Å². The summed E-state index contributed by atoms with van der Waals surface area (Å²) in [5, 5.41) is 9.22. The van der Waals surface area contributed by atoms with Gasteiger partial charge in [0.15, 0.2) is 5.16 Å². The molecule has 0 saturated heterocycles. The number of methoxy groups -OCH3 is 1. The second-order valence-corrected chi connectivity index (χ2v) is 5.41. The Morgan fingerprint density at radius 2 is 2.45 bits per heavy atom. The fourth-order valence-corrected chi connectivity index (χ4v) is 2.39. The monoisotopic (exact) mass is 300 g/mol. The van der Waals surface area contributed by atoms with Crippen LogP contribution in [0.2, 0.25) is 0 Å². The fourth-order valence-electron chi connectivity index (χ4n) is 1.49. The van der Waals surface area contributed by atoms with Crippen molar-refractivity contribution in [1.29, 1.82) is 0 Å². The zero-order valence-electron chi connectivity index (χ0n) is 11.7. The molecule has 0 aliphatic rings. The molecule has 1 atom stereocenters. The average molecular weight is 300 g/mol. The van der Waals surface area contributed by atoms with Crippen molar-refractivity contribution in [2.45, 2.75) is 30.3 Å². The number of amides is 1. The largest absolute Gasteiger partial charge is 0.385 e. The van der Waals surface area contributed by atoms with Gasteiger partial charge in [-0.25, -0.2) is 9.89 Å². The van der Waals surface area contributed by atoms with Crippen LogP contribution < -0.4 is 11.0 Å². The standard InChI is InChI=1S/C12H20N4O3S/c1-4-6-13-10(17)9(2)20-12-15-14-11(18)16(12)7-5-8-19-3/h4,9H,1,5-8H2,2-3H3,(H,13,17)(H,14,18).